The zero-order valence-electron chi connectivity index (χ0n) is 27.7. The third-order valence-electron chi connectivity index (χ3n) is 10.0. The number of pyridine rings is 1. The highest BCUT2D eigenvalue weighted by atomic mass is 15.1. The Bertz CT molecular complexity index is 2850. The van der Waals surface area contributed by atoms with Crippen LogP contribution in [0.5, 0.6) is 0 Å². The molecule has 0 atom stereocenters. The third kappa shape index (κ3) is 4.90. The Morgan fingerprint density at radius 1 is 0.353 bits per heavy atom. The summed E-state index contributed by atoms with van der Waals surface area (Å²) < 4.78 is 2.20. The minimum absolute atomic E-state index is 0.829. The highest BCUT2D eigenvalue weighted by Crippen LogP contribution is 2.44. The van der Waals surface area contributed by atoms with Gasteiger partial charge in [0.2, 0.25) is 0 Å². The molecule has 3 nitrogen and oxygen atoms in total. The molecule has 0 unspecified atom stereocenters. The molecule has 238 valence electrons. The van der Waals surface area contributed by atoms with E-state index in [1.165, 1.54) is 54.6 Å². The third-order valence-corrected chi connectivity index (χ3v) is 10.0. The molecule has 0 aliphatic rings. The first kappa shape index (κ1) is 29.1. The van der Waals surface area contributed by atoms with Crippen molar-refractivity contribution in [1.29, 1.82) is 0 Å². The minimum Gasteiger partial charge on any atom is -0.276 e. The number of hydrogen-bond acceptors (Lipinski definition) is 2. The lowest BCUT2D eigenvalue weighted by Crippen LogP contribution is -2.02. The largest absolute Gasteiger partial charge is 0.276 e. The molecule has 0 N–H and O–H groups in total. The van der Waals surface area contributed by atoms with Crippen molar-refractivity contribution < 1.29 is 0 Å². The lowest BCUT2D eigenvalue weighted by atomic mass is 9.87. The van der Waals surface area contributed by atoms with Gasteiger partial charge in [0, 0.05) is 11.1 Å². The number of hydrogen-bond donors (Lipinski definition) is 0. The van der Waals surface area contributed by atoms with Gasteiger partial charge in [0.15, 0.2) is 0 Å². The summed E-state index contributed by atoms with van der Waals surface area (Å²) in [7, 11) is 0. The Hall–Kier alpha value is -6.84. The number of imidazole rings is 1. The molecule has 0 bridgehead atoms. The maximum Gasteiger partial charge on any atom is 0.146 e. The Balaban J connectivity index is 1.17. The van der Waals surface area contributed by atoms with Gasteiger partial charge < -0.3 is 0 Å². The van der Waals surface area contributed by atoms with Gasteiger partial charge in [-0.25, -0.2) is 9.97 Å². The molecule has 0 aliphatic heterocycles. The van der Waals surface area contributed by atoms with Crippen molar-refractivity contribution in [1.82, 2.24) is 14.5 Å². The lowest BCUT2D eigenvalue weighted by Gasteiger charge is -2.18. The fourth-order valence-corrected chi connectivity index (χ4v) is 7.64. The number of fused-ring (bicyclic) bond motifs is 4. The molecule has 8 aromatic carbocycles. The van der Waals surface area contributed by atoms with E-state index in [1.807, 2.05) is 12.1 Å². The first-order valence-corrected chi connectivity index (χ1v) is 17.3. The molecule has 0 spiro atoms. The van der Waals surface area contributed by atoms with Crippen LogP contribution in [-0.2, 0) is 0 Å². The predicted octanol–water partition coefficient (Wildman–Crippen LogP) is 12.5. The van der Waals surface area contributed by atoms with Crippen molar-refractivity contribution in [2.45, 2.75) is 0 Å². The molecule has 0 fully saturated rings. The standard InChI is InChI=1S/C48H31N3/c1-2-13-32(14-3-1)34-25-28-35(29-26-34)48-50-42-21-10-11-23-44(42)51(48)45-24-12-22-43(49-45)47-40-19-8-6-17-38(40)46(39-18-7-9-20-41(39)47)37-30-27-33-15-4-5-16-36(33)31-37/h1-31H. The first-order chi connectivity index (χ1) is 25.3. The highest BCUT2D eigenvalue weighted by Gasteiger charge is 2.20. The van der Waals surface area contributed by atoms with Gasteiger partial charge in [-0.3, -0.25) is 4.57 Å². The summed E-state index contributed by atoms with van der Waals surface area (Å²) in [6.07, 6.45) is 0. The van der Waals surface area contributed by atoms with Gasteiger partial charge in [-0.05, 0) is 84.9 Å². The van der Waals surface area contributed by atoms with E-state index in [-0.39, 0.29) is 0 Å². The number of para-hydroxylation sites is 2. The van der Waals surface area contributed by atoms with Crippen LogP contribution in [0.2, 0.25) is 0 Å². The van der Waals surface area contributed by atoms with E-state index in [0.29, 0.717) is 0 Å². The summed E-state index contributed by atoms with van der Waals surface area (Å²) in [6, 6.07) is 66.7. The Morgan fingerprint density at radius 3 is 1.67 bits per heavy atom. The van der Waals surface area contributed by atoms with E-state index < -0.39 is 0 Å². The van der Waals surface area contributed by atoms with Crippen LogP contribution in [0.25, 0.3) is 94.1 Å². The van der Waals surface area contributed by atoms with Crippen LogP contribution in [0.1, 0.15) is 0 Å². The smallest absolute Gasteiger partial charge is 0.146 e. The maximum atomic E-state index is 5.45. The molecular formula is C48H31N3. The molecule has 51 heavy (non-hydrogen) atoms. The zero-order valence-corrected chi connectivity index (χ0v) is 27.7. The van der Waals surface area contributed by atoms with Crippen LogP contribution in [0.15, 0.2) is 188 Å². The average Bonchev–Trinajstić information content (AvgIpc) is 3.60. The quantitative estimate of drug-likeness (QED) is 0.174. The minimum atomic E-state index is 0.829. The summed E-state index contributed by atoms with van der Waals surface area (Å²) in [5, 5.41) is 7.25. The van der Waals surface area contributed by atoms with Gasteiger partial charge in [-0.15, -0.1) is 0 Å². The fraction of sp³-hybridized carbons (Fsp3) is 0. The van der Waals surface area contributed by atoms with E-state index in [2.05, 4.69) is 180 Å². The average molecular weight is 650 g/mol. The van der Waals surface area contributed by atoms with Crippen LogP contribution < -0.4 is 0 Å². The molecule has 2 aromatic heterocycles. The summed E-state index contributed by atoms with van der Waals surface area (Å²) in [4.78, 5) is 10.6. The highest BCUT2D eigenvalue weighted by molar-refractivity contribution is 6.21. The monoisotopic (exact) mass is 649 g/mol. The van der Waals surface area contributed by atoms with Gasteiger partial charge in [0.05, 0.1) is 16.7 Å². The number of aromatic nitrogens is 3. The maximum absolute atomic E-state index is 5.45. The van der Waals surface area contributed by atoms with Crippen molar-refractivity contribution in [2.24, 2.45) is 0 Å². The van der Waals surface area contributed by atoms with Crippen LogP contribution in [0.3, 0.4) is 0 Å². The molecule has 10 aromatic rings. The molecule has 0 saturated heterocycles. The summed E-state index contributed by atoms with van der Waals surface area (Å²) in [6.45, 7) is 0. The second-order valence-corrected chi connectivity index (χ2v) is 13.0. The van der Waals surface area contributed by atoms with Crippen LogP contribution >= 0.6 is 0 Å². The molecular weight excluding hydrogens is 619 g/mol. The van der Waals surface area contributed by atoms with Gasteiger partial charge in [-0.1, -0.05) is 158 Å². The van der Waals surface area contributed by atoms with E-state index in [4.69, 9.17) is 9.97 Å². The SMILES string of the molecule is c1ccc(-c2ccc(-c3nc4ccccc4n3-c3cccc(-c4c5ccccc5c(-c5ccc6ccccc6c5)c5ccccc45)n3)cc2)cc1. The lowest BCUT2D eigenvalue weighted by molar-refractivity contribution is 1.03. The van der Waals surface area contributed by atoms with Gasteiger partial charge in [0.1, 0.15) is 11.6 Å². The van der Waals surface area contributed by atoms with Crippen LogP contribution in [0, 0.1) is 0 Å². The van der Waals surface area contributed by atoms with Crippen molar-refractivity contribution in [3.8, 4) is 50.7 Å². The summed E-state index contributed by atoms with van der Waals surface area (Å²) in [5.41, 5.74) is 9.86. The van der Waals surface area contributed by atoms with Crippen molar-refractivity contribution in [3.05, 3.63) is 188 Å². The van der Waals surface area contributed by atoms with Crippen LogP contribution in [0.4, 0.5) is 0 Å². The van der Waals surface area contributed by atoms with E-state index in [9.17, 15) is 0 Å². The van der Waals surface area contributed by atoms with E-state index >= 15 is 0 Å². The topological polar surface area (TPSA) is 30.7 Å². The van der Waals surface area contributed by atoms with E-state index in [0.717, 1.165) is 39.5 Å². The Kier molecular flexibility index (Phi) is 6.81. The molecule has 3 heteroatoms. The van der Waals surface area contributed by atoms with Crippen molar-refractivity contribution in [3.63, 3.8) is 0 Å². The molecule has 0 radical (unpaired) electrons. The fourth-order valence-electron chi connectivity index (χ4n) is 7.64. The van der Waals surface area contributed by atoms with Crippen molar-refractivity contribution in [2.75, 3.05) is 0 Å². The number of nitrogens with zero attached hydrogens (tertiary/aromatic N) is 3. The Morgan fingerprint density at radius 2 is 0.922 bits per heavy atom. The second-order valence-electron chi connectivity index (χ2n) is 13.0. The molecule has 0 saturated carbocycles. The number of rotatable bonds is 5. The van der Waals surface area contributed by atoms with Gasteiger partial charge in [0.25, 0.3) is 0 Å². The molecule has 0 amide bonds. The Labute approximate surface area is 295 Å². The van der Waals surface area contributed by atoms with Gasteiger partial charge >= 0.3 is 0 Å². The zero-order chi connectivity index (χ0) is 33.7. The summed E-state index contributed by atoms with van der Waals surface area (Å²) in [5.74, 6) is 1.69. The van der Waals surface area contributed by atoms with E-state index in [1.54, 1.807) is 0 Å². The second kappa shape index (κ2) is 11.9. The molecule has 2 heterocycles. The van der Waals surface area contributed by atoms with Crippen LogP contribution in [-0.4, -0.2) is 14.5 Å². The number of benzene rings is 8. The van der Waals surface area contributed by atoms with Gasteiger partial charge in [-0.2, -0.15) is 0 Å². The predicted molar refractivity (Wildman–Crippen MR) is 213 cm³/mol. The molecule has 10 rings (SSSR count). The first-order valence-electron chi connectivity index (χ1n) is 17.3. The normalized spacial score (nSPS) is 11.5. The molecule has 0 aliphatic carbocycles. The summed E-state index contributed by atoms with van der Waals surface area (Å²) >= 11 is 0. The van der Waals surface area contributed by atoms with Crippen molar-refractivity contribution >= 4 is 43.4 Å².